The van der Waals surface area contributed by atoms with Crippen molar-refractivity contribution >= 4 is 29.7 Å². The predicted octanol–water partition coefficient (Wildman–Crippen LogP) is 5.13. The Morgan fingerprint density at radius 2 is 1.68 bits per heavy atom. The third-order valence-corrected chi connectivity index (χ3v) is 10.8. The molecule has 0 radical (unpaired) electrons. The molecule has 0 saturated carbocycles. The third-order valence-electron chi connectivity index (χ3n) is 6.81. The summed E-state index contributed by atoms with van der Waals surface area (Å²) >= 11 is 5.92. The van der Waals surface area contributed by atoms with Crippen molar-refractivity contribution < 1.29 is 22.7 Å². The molecule has 4 aromatic rings. The highest BCUT2D eigenvalue weighted by atomic mass is 35.5. The van der Waals surface area contributed by atoms with Gasteiger partial charge in [-0.2, -0.15) is 0 Å². The van der Waals surface area contributed by atoms with E-state index in [1.54, 1.807) is 50.2 Å². The van der Waals surface area contributed by atoms with Crippen molar-refractivity contribution in [3.05, 3.63) is 71.3 Å². The van der Waals surface area contributed by atoms with Gasteiger partial charge in [-0.3, -0.25) is 14.4 Å². The van der Waals surface area contributed by atoms with Gasteiger partial charge >= 0.3 is 0 Å². The first-order valence-electron chi connectivity index (χ1n) is 14.0. The number of pyridine rings is 1. The van der Waals surface area contributed by atoms with E-state index in [9.17, 15) is 8.42 Å². The molecule has 0 spiro atoms. The quantitative estimate of drug-likeness (QED) is 0.132. The number of para-hydroxylation sites is 1. The predicted molar refractivity (Wildman–Crippen MR) is 171 cm³/mol. The van der Waals surface area contributed by atoms with E-state index in [0.29, 0.717) is 51.3 Å². The summed E-state index contributed by atoms with van der Waals surface area (Å²) < 4.78 is 42.0. The first-order chi connectivity index (χ1) is 20.8. The molecule has 1 aromatic carbocycles. The van der Waals surface area contributed by atoms with Crippen LogP contribution in [0.1, 0.15) is 24.1 Å². The number of ether oxygens (including phenoxy) is 2. The molecule has 0 saturated heterocycles. The van der Waals surface area contributed by atoms with Crippen LogP contribution in [0.4, 0.5) is 0 Å². The van der Waals surface area contributed by atoms with E-state index in [2.05, 4.69) is 44.8 Å². The van der Waals surface area contributed by atoms with Gasteiger partial charge in [0.15, 0.2) is 11.6 Å². The molecule has 0 aliphatic carbocycles. The fraction of sp³-hybridized carbons (Fsp3) is 0.414. The molecule has 4 rings (SSSR count). The van der Waals surface area contributed by atoms with Gasteiger partial charge in [0.1, 0.15) is 29.6 Å². The third kappa shape index (κ3) is 7.98. The molecule has 1 atom stereocenters. The zero-order valence-electron chi connectivity index (χ0n) is 26.0. The average Bonchev–Trinajstić information content (AvgIpc) is 3.40. The second-order valence-corrected chi connectivity index (χ2v) is 19.8. The molecule has 0 bridgehead atoms. The Labute approximate surface area is 264 Å². The van der Waals surface area contributed by atoms with Crippen LogP contribution >= 0.6 is 11.6 Å². The summed E-state index contributed by atoms with van der Waals surface area (Å²) in [6.07, 6.45) is 6.41. The molecular weight excluding hydrogens is 622 g/mol. The summed E-state index contributed by atoms with van der Waals surface area (Å²) in [6.45, 7) is 10.1. The minimum atomic E-state index is -3.95. The second kappa shape index (κ2) is 14.1. The molecule has 0 fully saturated rings. The number of hydroxylamine groups is 1. The van der Waals surface area contributed by atoms with Crippen LogP contribution in [0.25, 0.3) is 17.1 Å². The first-order valence-corrected chi connectivity index (χ1v) is 19.6. The van der Waals surface area contributed by atoms with Gasteiger partial charge in [0.25, 0.3) is 0 Å². The van der Waals surface area contributed by atoms with Crippen LogP contribution in [-0.2, 0) is 27.9 Å². The molecule has 12 nitrogen and oxygen atoms in total. The Morgan fingerprint density at radius 1 is 1.02 bits per heavy atom. The smallest absolute Gasteiger partial charge is 0.239 e. The highest BCUT2D eigenvalue weighted by Crippen LogP contribution is 2.36. The van der Waals surface area contributed by atoms with Crippen LogP contribution < -0.4 is 9.47 Å². The van der Waals surface area contributed by atoms with Crippen molar-refractivity contribution in [1.82, 2.24) is 34.2 Å². The topological polar surface area (TPSA) is 134 Å². The van der Waals surface area contributed by atoms with Crippen molar-refractivity contribution in [1.29, 1.82) is 0 Å². The van der Waals surface area contributed by atoms with Gasteiger partial charge in [0.2, 0.25) is 10.0 Å². The summed E-state index contributed by atoms with van der Waals surface area (Å²) in [4.78, 5) is 18.8. The standard InChI is InChI=1S/C29H38ClN7O5SSi/c1-20-13-22(16-31-15-20)29-35-34-27(37(29)28-24(40-3)9-8-10-25(28)41-4)19-42-36(11-12-44(5,6)7)43(38,39)21(2)14-26-32-17-23(30)18-33-26/h8-10,13,15-18,21H,11-12,14,19H2,1-7H3/t21-/m0/s1. The van der Waals surface area contributed by atoms with Gasteiger partial charge in [-0.15, -0.1) is 10.2 Å². The lowest BCUT2D eigenvalue weighted by atomic mass is 10.2. The Hall–Kier alpha value is -3.43. The number of rotatable bonds is 14. The molecule has 3 aromatic heterocycles. The van der Waals surface area contributed by atoms with E-state index >= 15 is 0 Å². The Bertz CT molecular complexity index is 1660. The van der Waals surface area contributed by atoms with Gasteiger partial charge in [-0.05, 0) is 43.7 Å². The molecule has 0 aliphatic rings. The van der Waals surface area contributed by atoms with E-state index in [1.807, 2.05) is 19.1 Å². The fourth-order valence-electron chi connectivity index (χ4n) is 4.39. The molecular formula is C29H38ClN7O5SSi. The number of aromatic nitrogens is 6. The van der Waals surface area contributed by atoms with Gasteiger partial charge in [-0.1, -0.05) is 41.8 Å². The molecule has 3 heterocycles. The van der Waals surface area contributed by atoms with Gasteiger partial charge in [0.05, 0.1) is 24.5 Å². The summed E-state index contributed by atoms with van der Waals surface area (Å²) in [5, 5.41) is 8.42. The highest BCUT2D eigenvalue weighted by molar-refractivity contribution is 7.89. The van der Waals surface area contributed by atoms with Crippen LogP contribution in [0.2, 0.25) is 30.7 Å². The number of sulfonamides is 1. The lowest BCUT2D eigenvalue weighted by molar-refractivity contribution is -0.0963. The van der Waals surface area contributed by atoms with E-state index < -0.39 is 23.3 Å². The highest BCUT2D eigenvalue weighted by Gasteiger charge is 2.33. The number of aryl methyl sites for hydroxylation is 1. The van der Waals surface area contributed by atoms with Crippen LogP contribution in [0.3, 0.4) is 0 Å². The average molecular weight is 660 g/mol. The van der Waals surface area contributed by atoms with Crippen molar-refractivity contribution in [3.63, 3.8) is 0 Å². The largest absolute Gasteiger partial charge is 0.494 e. The van der Waals surface area contributed by atoms with Gasteiger partial charge < -0.3 is 9.47 Å². The van der Waals surface area contributed by atoms with Crippen LogP contribution in [0, 0.1) is 6.92 Å². The number of nitrogens with zero attached hydrogens (tertiary/aromatic N) is 7. The zero-order valence-corrected chi connectivity index (χ0v) is 28.6. The molecule has 0 aliphatic heterocycles. The van der Waals surface area contributed by atoms with Crippen LogP contribution in [0.5, 0.6) is 11.5 Å². The number of hydrogen-bond donors (Lipinski definition) is 0. The SMILES string of the molecule is COc1cccc(OC)c1-n1c(CON(CC[Si](C)(C)C)S(=O)(=O)[C@@H](C)Cc2ncc(Cl)cn2)nnc1-c1cncc(C)c1. The second-order valence-electron chi connectivity index (χ2n) is 11.5. The maximum Gasteiger partial charge on any atom is 0.239 e. The Kier molecular flexibility index (Phi) is 10.7. The minimum Gasteiger partial charge on any atom is -0.494 e. The van der Waals surface area contributed by atoms with Crippen LogP contribution in [-0.4, -0.2) is 76.7 Å². The normalized spacial score (nSPS) is 12.8. The van der Waals surface area contributed by atoms with Crippen molar-refractivity contribution in [2.24, 2.45) is 0 Å². The molecule has 15 heteroatoms. The van der Waals surface area contributed by atoms with E-state index in [-0.39, 0.29) is 19.6 Å². The number of methoxy groups -OCH3 is 2. The fourth-order valence-corrected chi connectivity index (χ4v) is 6.83. The molecule has 0 unspecified atom stereocenters. The lowest BCUT2D eigenvalue weighted by Gasteiger charge is -2.27. The Balaban J connectivity index is 1.74. The molecule has 0 amide bonds. The van der Waals surface area contributed by atoms with Crippen molar-refractivity contribution in [2.45, 2.75) is 57.8 Å². The van der Waals surface area contributed by atoms with Gasteiger partial charge in [0, 0.05) is 51.4 Å². The summed E-state index contributed by atoms with van der Waals surface area (Å²) in [5.74, 6) is 2.19. The maximum absolute atomic E-state index is 13.9. The maximum atomic E-state index is 13.9. The van der Waals surface area contributed by atoms with Gasteiger partial charge in [-0.25, -0.2) is 18.4 Å². The lowest BCUT2D eigenvalue weighted by Crippen LogP contribution is -2.41. The Morgan fingerprint density at radius 3 is 2.27 bits per heavy atom. The summed E-state index contributed by atoms with van der Waals surface area (Å²) in [6, 6.07) is 8.03. The monoisotopic (exact) mass is 659 g/mol. The first kappa shape index (κ1) is 33.5. The van der Waals surface area contributed by atoms with E-state index in [1.165, 1.54) is 12.4 Å². The number of halogens is 1. The molecule has 0 N–H and O–H groups in total. The summed E-state index contributed by atoms with van der Waals surface area (Å²) in [5.41, 5.74) is 2.18. The van der Waals surface area contributed by atoms with E-state index in [0.717, 1.165) is 10.0 Å². The number of benzene rings is 1. The molecule has 236 valence electrons. The summed E-state index contributed by atoms with van der Waals surface area (Å²) in [7, 11) is -2.49. The van der Waals surface area contributed by atoms with Crippen molar-refractivity contribution in [3.8, 4) is 28.6 Å². The van der Waals surface area contributed by atoms with Crippen LogP contribution in [0.15, 0.2) is 49.1 Å². The molecule has 44 heavy (non-hydrogen) atoms. The van der Waals surface area contributed by atoms with E-state index in [4.69, 9.17) is 25.9 Å². The minimum absolute atomic E-state index is 0.0887. The zero-order chi connectivity index (χ0) is 32.1. The van der Waals surface area contributed by atoms with Crippen molar-refractivity contribution in [2.75, 3.05) is 20.8 Å². The number of hydrogen-bond acceptors (Lipinski definition) is 10.